The van der Waals surface area contributed by atoms with Crippen LogP contribution in [0.25, 0.3) is 0 Å². The molecule has 2 rings (SSSR count). The lowest BCUT2D eigenvalue weighted by Gasteiger charge is -2.15. The van der Waals surface area contributed by atoms with Crippen molar-refractivity contribution in [3.8, 4) is 0 Å². The van der Waals surface area contributed by atoms with E-state index in [2.05, 4.69) is 37.4 Å². The first-order valence-corrected chi connectivity index (χ1v) is 6.04. The quantitative estimate of drug-likeness (QED) is 0.795. The van der Waals surface area contributed by atoms with E-state index in [4.69, 9.17) is 0 Å². The molecule has 1 saturated carbocycles. The number of rotatable bonds is 5. The maximum atomic E-state index is 9.22. The van der Waals surface area contributed by atoms with Gasteiger partial charge >= 0.3 is 0 Å². The van der Waals surface area contributed by atoms with Gasteiger partial charge in [0.2, 0.25) is 0 Å². The van der Waals surface area contributed by atoms with Crippen molar-refractivity contribution in [2.24, 2.45) is 5.41 Å². The molecule has 2 heteroatoms. The van der Waals surface area contributed by atoms with E-state index < -0.39 is 0 Å². The van der Waals surface area contributed by atoms with Crippen molar-refractivity contribution in [2.45, 2.75) is 33.2 Å². The number of aliphatic hydroxyl groups excluding tert-OH is 1. The standard InChI is InChI=1S/C14H21NO/c1-11-4-3-5-12(2)13(11)8-15-9-14(10-16)6-7-14/h3-5,15-16H,6-10H2,1-2H3. The van der Waals surface area contributed by atoms with Crippen LogP contribution in [0.15, 0.2) is 18.2 Å². The second-order valence-electron chi connectivity index (χ2n) is 5.13. The Bertz CT molecular complexity index is 349. The fraction of sp³-hybridized carbons (Fsp3) is 0.571. The highest BCUT2D eigenvalue weighted by Crippen LogP contribution is 2.44. The Morgan fingerprint density at radius 3 is 2.38 bits per heavy atom. The minimum absolute atomic E-state index is 0.205. The minimum Gasteiger partial charge on any atom is -0.396 e. The molecule has 2 nitrogen and oxygen atoms in total. The van der Waals surface area contributed by atoms with Crippen LogP contribution in [-0.4, -0.2) is 18.3 Å². The van der Waals surface area contributed by atoms with Crippen LogP contribution in [0.1, 0.15) is 29.5 Å². The second-order valence-corrected chi connectivity index (χ2v) is 5.13. The summed E-state index contributed by atoms with van der Waals surface area (Å²) in [5.74, 6) is 0. The fourth-order valence-corrected chi connectivity index (χ4v) is 2.15. The summed E-state index contributed by atoms with van der Waals surface area (Å²) in [7, 11) is 0. The highest BCUT2D eigenvalue weighted by Gasteiger charge is 2.41. The van der Waals surface area contributed by atoms with Crippen molar-refractivity contribution in [3.05, 3.63) is 34.9 Å². The fourth-order valence-electron chi connectivity index (χ4n) is 2.15. The minimum atomic E-state index is 0.205. The molecular weight excluding hydrogens is 198 g/mol. The number of hydrogen-bond donors (Lipinski definition) is 2. The molecule has 0 saturated heterocycles. The summed E-state index contributed by atoms with van der Waals surface area (Å²) in [6, 6.07) is 6.41. The van der Waals surface area contributed by atoms with Crippen LogP contribution >= 0.6 is 0 Å². The zero-order valence-electron chi connectivity index (χ0n) is 10.2. The normalized spacial score (nSPS) is 17.4. The van der Waals surface area contributed by atoms with Crippen LogP contribution in [-0.2, 0) is 6.54 Å². The van der Waals surface area contributed by atoms with E-state index in [0.29, 0.717) is 6.61 Å². The Hall–Kier alpha value is -0.860. The van der Waals surface area contributed by atoms with Crippen LogP contribution in [0, 0.1) is 19.3 Å². The molecule has 88 valence electrons. The first-order chi connectivity index (χ1) is 7.67. The van der Waals surface area contributed by atoms with Gasteiger partial charge < -0.3 is 10.4 Å². The molecule has 1 aromatic carbocycles. The smallest absolute Gasteiger partial charge is 0.0499 e. The van der Waals surface area contributed by atoms with Gasteiger partial charge in [0.1, 0.15) is 0 Å². The van der Waals surface area contributed by atoms with Crippen molar-refractivity contribution in [3.63, 3.8) is 0 Å². The van der Waals surface area contributed by atoms with E-state index >= 15 is 0 Å². The summed E-state index contributed by atoms with van der Waals surface area (Å²) in [5.41, 5.74) is 4.30. The van der Waals surface area contributed by atoms with Crippen LogP contribution in [0.3, 0.4) is 0 Å². The average molecular weight is 219 g/mol. The zero-order valence-corrected chi connectivity index (χ0v) is 10.2. The molecule has 0 aromatic heterocycles. The Morgan fingerprint density at radius 1 is 1.25 bits per heavy atom. The highest BCUT2D eigenvalue weighted by atomic mass is 16.3. The third-order valence-corrected chi connectivity index (χ3v) is 3.74. The van der Waals surface area contributed by atoms with Gasteiger partial charge in [-0.3, -0.25) is 0 Å². The molecule has 0 amide bonds. The molecule has 0 heterocycles. The average Bonchev–Trinajstić information content (AvgIpc) is 3.03. The molecule has 0 radical (unpaired) electrons. The first kappa shape index (κ1) is 11.6. The summed E-state index contributed by atoms with van der Waals surface area (Å²) in [5, 5.41) is 12.7. The Labute approximate surface area is 97.7 Å². The molecule has 0 atom stereocenters. The number of benzene rings is 1. The maximum Gasteiger partial charge on any atom is 0.0499 e. The topological polar surface area (TPSA) is 32.3 Å². The lowest BCUT2D eigenvalue weighted by Crippen LogP contribution is -2.26. The molecule has 1 aromatic rings. The van der Waals surface area contributed by atoms with E-state index in [-0.39, 0.29) is 5.41 Å². The van der Waals surface area contributed by atoms with E-state index in [1.807, 2.05) is 0 Å². The van der Waals surface area contributed by atoms with Crippen molar-refractivity contribution < 1.29 is 5.11 Å². The van der Waals surface area contributed by atoms with E-state index in [1.54, 1.807) is 0 Å². The Kier molecular flexibility index (Phi) is 3.31. The lowest BCUT2D eigenvalue weighted by molar-refractivity contribution is 0.207. The molecule has 1 aliphatic carbocycles. The molecule has 0 unspecified atom stereocenters. The third-order valence-electron chi connectivity index (χ3n) is 3.74. The van der Waals surface area contributed by atoms with Gasteiger partial charge in [0.15, 0.2) is 0 Å². The predicted molar refractivity (Wildman–Crippen MR) is 66.4 cm³/mol. The van der Waals surface area contributed by atoms with Gasteiger partial charge in [-0.05, 0) is 43.4 Å². The number of aliphatic hydroxyl groups is 1. The summed E-state index contributed by atoms with van der Waals surface area (Å²) >= 11 is 0. The first-order valence-electron chi connectivity index (χ1n) is 6.04. The summed E-state index contributed by atoms with van der Waals surface area (Å²) in [4.78, 5) is 0. The molecule has 2 N–H and O–H groups in total. The van der Waals surface area contributed by atoms with Gasteiger partial charge in [0.05, 0.1) is 0 Å². The summed E-state index contributed by atoms with van der Waals surface area (Å²) < 4.78 is 0. The number of aryl methyl sites for hydroxylation is 2. The third kappa shape index (κ3) is 2.45. The Balaban J connectivity index is 1.90. The van der Waals surface area contributed by atoms with E-state index in [0.717, 1.165) is 13.1 Å². The van der Waals surface area contributed by atoms with Crippen molar-refractivity contribution >= 4 is 0 Å². The predicted octanol–water partition coefficient (Wildman–Crippen LogP) is 2.17. The molecule has 1 aliphatic rings. The SMILES string of the molecule is Cc1cccc(C)c1CNCC1(CO)CC1. The monoisotopic (exact) mass is 219 g/mol. The molecule has 1 fully saturated rings. The molecule has 16 heavy (non-hydrogen) atoms. The van der Waals surface area contributed by atoms with Gasteiger partial charge in [0.25, 0.3) is 0 Å². The van der Waals surface area contributed by atoms with Crippen LogP contribution < -0.4 is 5.32 Å². The van der Waals surface area contributed by atoms with Crippen LogP contribution in [0.5, 0.6) is 0 Å². The Morgan fingerprint density at radius 2 is 1.88 bits per heavy atom. The molecular formula is C14H21NO. The number of nitrogens with one attached hydrogen (secondary N) is 1. The van der Waals surface area contributed by atoms with Gasteiger partial charge in [0, 0.05) is 25.1 Å². The maximum absolute atomic E-state index is 9.22. The van der Waals surface area contributed by atoms with Gasteiger partial charge in [-0.15, -0.1) is 0 Å². The highest BCUT2D eigenvalue weighted by molar-refractivity contribution is 5.33. The van der Waals surface area contributed by atoms with Crippen LogP contribution in [0.2, 0.25) is 0 Å². The summed E-state index contributed by atoms with van der Waals surface area (Å²) in [6.07, 6.45) is 2.34. The second kappa shape index (κ2) is 4.56. The summed E-state index contributed by atoms with van der Waals surface area (Å²) in [6.45, 7) is 6.50. The van der Waals surface area contributed by atoms with Gasteiger partial charge in [-0.25, -0.2) is 0 Å². The van der Waals surface area contributed by atoms with E-state index in [9.17, 15) is 5.11 Å². The molecule has 0 aliphatic heterocycles. The van der Waals surface area contributed by atoms with E-state index in [1.165, 1.54) is 29.5 Å². The molecule has 0 spiro atoms. The van der Waals surface area contributed by atoms with Gasteiger partial charge in [-0.2, -0.15) is 0 Å². The zero-order chi connectivity index (χ0) is 11.6. The van der Waals surface area contributed by atoms with Crippen molar-refractivity contribution in [2.75, 3.05) is 13.2 Å². The van der Waals surface area contributed by atoms with Gasteiger partial charge in [-0.1, -0.05) is 18.2 Å². The number of hydrogen-bond acceptors (Lipinski definition) is 2. The largest absolute Gasteiger partial charge is 0.396 e. The molecule has 0 bridgehead atoms. The van der Waals surface area contributed by atoms with Crippen molar-refractivity contribution in [1.29, 1.82) is 0 Å². The van der Waals surface area contributed by atoms with Crippen molar-refractivity contribution in [1.82, 2.24) is 5.32 Å². The van der Waals surface area contributed by atoms with Crippen LogP contribution in [0.4, 0.5) is 0 Å². The lowest BCUT2D eigenvalue weighted by atomic mass is 10.0.